The summed E-state index contributed by atoms with van der Waals surface area (Å²) in [6.07, 6.45) is 0. The van der Waals surface area contributed by atoms with Gasteiger partial charge in [0.2, 0.25) is 0 Å². The summed E-state index contributed by atoms with van der Waals surface area (Å²) in [5.74, 6) is 1.81. The summed E-state index contributed by atoms with van der Waals surface area (Å²) < 4.78 is 0. The number of hydrogen-bond acceptors (Lipinski definition) is 5. The highest BCUT2D eigenvalue weighted by molar-refractivity contribution is 8.11. The molecule has 3 nitrogen and oxygen atoms in total. The zero-order valence-electron chi connectivity index (χ0n) is 15.0. The molecule has 5 heteroatoms. The van der Waals surface area contributed by atoms with Gasteiger partial charge in [-0.25, -0.2) is 0 Å². The Labute approximate surface area is 169 Å². The first-order chi connectivity index (χ1) is 13.3. The largest absolute Gasteiger partial charge is 0.361 e. The number of aliphatic imine (C=N–C) groups is 1. The van der Waals surface area contributed by atoms with E-state index in [4.69, 9.17) is 5.73 Å². The van der Waals surface area contributed by atoms with Gasteiger partial charge in [-0.3, -0.25) is 4.99 Å². The second-order valence-corrected chi connectivity index (χ2v) is 7.90. The third-order valence-corrected chi connectivity index (χ3v) is 5.55. The maximum atomic E-state index is 6.16. The summed E-state index contributed by atoms with van der Waals surface area (Å²) in [6.45, 7) is 0. The van der Waals surface area contributed by atoms with Crippen LogP contribution in [0, 0.1) is 0 Å². The van der Waals surface area contributed by atoms with E-state index in [2.05, 4.69) is 46.7 Å². The van der Waals surface area contributed by atoms with Gasteiger partial charge in [0.15, 0.2) is 0 Å². The topological polar surface area (TPSA) is 50.4 Å². The van der Waals surface area contributed by atoms with Gasteiger partial charge in [-0.2, -0.15) is 0 Å². The van der Waals surface area contributed by atoms with Crippen molar-refractivity contribution in [3.8, 4) is 0 Å². The normalized spacial score (nSPS) is 12.2. The summed E-state index contributed by atoms with van der Waals surface area (Å²) in [4.78, 5) is 4.49. The molecule has 0 spiro atoms. The van der Waals surface area contributed by atoms with Crippen LogP contribution in [0.3, 0.4) is 0 Å². The maximum absolute atomic E-state index is 6.16. The number of nitrogens with two attached hydrogens (primary N) is 1. The summed E-state index contributed by atoms with van der Waals surface area (Å²) in [7, 11) is 0. The average molecular weight is 394 g/mol. The first-order valence-electron chi connectivity index (χ1n) is 8.75. The number of benzene rings is 3. The van der Waals surface area contributed by atoms with Gasteiger partial charge in [-0.05, 0) is 35.4 Å². The molecule has 3 rings (SSSR count). The molecule has 0 aliphatic rings. The van der Waals surface area contributed by atoms with Crippen LogP contribution < -0.4 is 11.1 Å². The zero-order chi connectivity index (χ0) is 18.7. The summed E-state index contributed by atoms with van der Waals surface area (Å²) >= 11 is 3.37. The van der Waals surface area contributed by atoms with Crippen molar-refractivity contribution in [2.24, 2.45) is 10.7 Å². The van der Waals surface area contributed by atoms with Gasteiger partial charge in [0.1, 0.15) is 5.50 Å². The Kier molecular flexibility index (Phi) is 7.84. The maximum Gasteiger partial charge on any atom is 0.123 e. The lowest BCUT2D eigenvalue weighted by molar-refractivity contribution is 1.06. The average Bonchev–Trinajstić information content (AvgIpc) is 2.72. The van der Waals surface area contributed by atoms with E-state index in [1.54, 1.807) is 23.5 Å². The van der Waals surface area contributed by atoms with Crippen LogP contribution in [0.5, 0.6) is 0 Å². The fourth-order valence-corrected chi connectivity index (χ4v) is 3.86. The van der Waals surface area contributed by atoms with Crippen molar-refractivity contribution in [2.75, 3.05) is 5.32 Å². The minimum atomic E-state index is -0.152. The van der Waals surface area contributed by atoms with E-state index < -0.39 is 0 Å². The smallest absolute Gasteiger partial charge is 0.123 e. The molecular formula is C22H23N3S2. The van der Waals surface area contributed by atoms with E-state index in [-0.39, 0.29) is 5.50 Å². The lowest BCUT2D eigenvalue weighted by atomic mass is 10.2. The van der Waals surface area contributed by atoms with Crippen LogP contribution in [-0.4, -0.2) is 11.0 Å². The van der Waals surface area contributed by atoms with Gasteiger partial charge in [-0.1, -0.05) is 60.7 Å². The Hall–Kier alpha value is -2.21. The summed E-state index contributed by atoms with van der Waals surface area (Å²) in [5.41, 5.74) is 12.4. The van der Waals surface area contributed by atoms with E-state index in [1.165, 1.54) is 11.1 Å². The Morgan fingerprint density at radius 2 is 1.41 bits per heavy atom. The summed E-state index contributed by atoms with van der Waals surface area (Å²) in [6, 6.07) is 28.8. The van der Waals surface area contributed by atoms with Crippen LogP contribution >= 0.6 is 23.5 Å². The Morgan fingerprint density at radius 1 is 0.815 bits per heavy atom. The second kappa shape index (κ2) is 10.8. The first-order valence-corrected chi connectivity index (χ1v) is 10.8. The number of nitrogens with one attached hydrogen (secondary N) is 1. The molecule has 0 fully saturated rings. The van der Waals surface area contributed by atoms with Gasteiger partial charge in [-0.15, -0.1) is 23.5 Å². The molecule has 0 radical (unpaired) electrons. The molecule has 0 saturated heterocycles. The van der Waals surface area contributed by atoms with E-state index in [0.29, 0.717) is 0 Å². The monoisotopic (exact) mass is 393 g/mol. The van der Waals surface area contributed by atoms with Gasteiger partial charge in [0.25, 0.3) is 0 Å². The fourth-order valence-electron chi connectivity index (χ4n) is 2.42. The highest BCUT2D eigenvalue weighted by atomic mass is 32.2. The van der Waals surface area contributed by atoms with Crippen LogP contribution in [0.4, 0.5) is 11.4 Å². The molecule has 3 aromatic rings. The van der Waals surface area contributed by atoms with Gasteiger partial charge < -0.3 is 11.1 Å². The number of nitrogens with zero attached hydrogens (tertiary/aromatic N) is 1. The van der Waals surface area contributed by atoms with Gasteiger partial charge in [0.05, 0.1) is 11.2 Å². The number of thioether (sulfide) groups is 2. The number of hydrogen-bond donors (Lipinski definition) is 2. The van der Waals surface area contributed by atoms with Crippen molar-refractivity contribution in [1.29, 1.82) is 0 Å². The van der Waals surface area contributed by atoms with Crippen LogP contribution in [0.1, 0.15) is 11.1 Å². The molecule has 0 aliphatic heterocycles. The SMILES string of the molecule is NC(Nc1ccc(N=CSCc2ccccc2)cc1)SCc1ccccc1. The van der Waals surface area contributed by atoms with E-state index in [1.807, 2.05) is 54.1 Å². The quantitative estimate of drug-likeness (QED) is 0.271. The molecule has 0 bridgehead atoms. The molecule has 3 aromatic carbocycles. The second-order valence-electron chi connectivity index (χ2n) is 5.94. The van der Waals surface area contributed by atoms with Gasteiger partial charge >= 0.3 is 0 Å². The molecule has 1 atom stereocenters. The molecule has 138 valence electrons. The highest BCUT2D eigenvalue weighted by Crippen LogP contribution is 2.21. The van der Waals surface area contributed by atoms with Crippen molar-refractivity contribution in [1.82, 2.24) is 0 Å². The molecule has 1 unspecified atom stereocenters. The lowest BCUT2D eigenvalue weighted by Crippen LogP contribution is -2.25. The number of rotatable bonds is 9. The zero-order valence-corrected chi connectivity index (χ0v) is 16.6. The van der Waals surface area contributed by atoms with Crippen molar-refractivity contribution >= 4 is 40.4 Å². The fraction of sp³-hybridized carbons (Fsp3) is 0.136. The van der Waals surface area contributed by atoms with Crippen molar-refractivity contribution in [3.63, 3.8) is 0 Å². The third-order valence-electron chi connectivity index (χ3n) is 3.82. The van der Waals surface area contributed by atoms with E-state index in [9.17, 15) is 0 Å². The van der Waals surface area contributed by atoms with Crippen molar-refractivity contribution in [2.45, 2.75) is 17.0 Å². The molecule has 0 saturated carbocycles. The van der Waals surface area contributed by atoms with Gasteiger partial charge in [0, 0.05) is 17.2 Å². The van der Waals surface area contributed by atoms with Crippen LogP contribution in [-0.2, 0) is 11.5 Å². The molecule has 0 aromatic heterocycles. The Bertz CT molecular complexity index is 821. The van der Waals surface area contributed by atoms with Crippen molar-refractivity contribution < 1.29 is 0 Å². The highest BCUT2D eigenvalue weighted by Gasteiger charge is 2.03. The van der Waals surface area contributed by atoms with Crippen LogP contribution in [0.25, 0.3) is 0 Å². The summed E-state index contributed by atoms with van der Waals surface area (Å²) in [5, 5.41) is 3.31. The third kappa shape index (κ3) is 7.13. The minimum Gasteiger partial charge on any atom is -0.361 e. The predicted molar refractivity (Wildman–Crippen MR) is 122 cm³/mol. The van der Waals surface area contributed by atoms with Crippen LogP contribution in [0.2, 0.25) is 0 Å². The number of anilines is 1. The molecule has 27 heavy (non-hydrogen) atoms. The van der Waals surface area contributed by atoms with E-state index in [0.717, 1.165) is 22.9 Å². The lowest BCUT2D eigenvalue weighted by Gasteiger charge is -2.14. The molecule has 0 aliphatic carbocycles. The molecule has 0 amide bonds. The molecule has 3 N–H and O–H groups in total. The molecular weight excluding hydrogens is 370 g/mol. The molecule has 0 heterocycles. The minimum absolute atomic E-state index is 0.152. The Balaban J connectivity index is 1.42. The van der Waals surface area contributed by atoms with Crippen molar-refractivity contribution in [3.05, 3.63) is 96.1 Å². The van der Waals surface area contributed by atoms with Crippen LogP contribution in [0.15, 0.2) is 89.9 Å². The van der Waals surface area contributed by atoms with E-state index >= 15 is 0 Å². The standard InChI is InChI=1S/C22H23N3S2/c23-22(27-16-19-9-5-2-6-10-19)25-21-13-11-20(12-14-21)24-17-26-15-18-7-3-1-4-8-18/h1-14,17,22,25H,15-16,23H2. The first kappa shape index (κ1) is 19.5. The predicted octanol–water partition coefficient (Wildman–Crippen LogP) is 5.87. The Morgan fingerprint density at radius 3 is 2.04 bits per heavy atom.